The maximum atomic E-state index is 12.0. The molecule has 0 bridgehead atoms. The van der Waals surface area contributed by atoms with Crippen LogP contribution in [-0.4, -0.2) is 33.6 Å². The van der Waals surface area contributed by atoms with Crippen molar-refractivity contribution in [3.8, 4) is 0 Å². The van der Waals surface area contributed by atoms with Crippen LogP contribution in [0.15, 0.2) is 24.3 Å². The average Bonchev–Trinajstić information content (AvgIpc) is 2.99. The van der Waals surface area contributed by atoms with E-state index in [-0.39, 0.29) is 17.6 Å². The lowest BCUT2D eigenvalue weighted by atomic mass is 10.2. The van der Waals surface area contributed by atoms with E-state index in [9.17, 15) is 13.2 Å². The normalized spacial score (nSPS) is 18.3. The Morgan fingerprint density at radius 3 is 2.83 bits per heavy atom. The van der Waals surface area contributed by atoms with Gasteiger partial charge in [-0.3, -0.25) is 4.79 Å². The first-order valence-electron chi connectivity index (χ1n) is 7.84. The van der Waals surface area contributed by atoms with Gasteiger partial charge in [-0.05, 0) is 36.5 Å². The molecule has 1 aliphatic heterocycles. The molecule has 0 radical (unpaired) electrons. The highest BCUT2D eigenvalue weighted by Crippen LogP contribution is 2.17. The SMILES string of the molecule is CC(C)CNS(=O)(=O)Cc1cccc(NC(=O)[C@H]2CCCO2)c1. The Kier molecular flexibility index (Phi) is 6.15. The van der Waals surface area contributed by atoms with Crippen LogP contribution in [0.4, 0.5) is 5.69 Å². The van der Waals surface area contributed by atoms with Gasteiger partial charge in [-0.25, -0.2) is 13.1 Å². The summed E-state index contributed by atoms with van der Waals surface area (Å²) in [4.78, 5) is 12.0. The number of nitrogens with one attached hydrogen (secondary N) is 2. The highest BCUT2D eigenvalue weighted by atomic mass is 32.2. The van der Waals surface area contributed by atoms with Crippen LogP contribution in [-0.2, 0) is 25.3 Å². The standard InChI is InChI=1S/C16H24N2O4S/c1-12(2)10-17-23(20,21)11-13-5-3-6-14(9-13)18-16(19)15-7-4-8-22-15/h3,5-6,9,12,15,17H,4,7-8,10-11H2,1-2H3,(H,18,19)/t15-/m1/s1. The number of sulfonamides is 1. The van der Waals surface area contributed by atoms with Crippen molar-refractivity contribution in [1.29, 1.82) is 0 Å². The molecule has 7 heteroatoms. The van der Waals surface area contributed by atoms with E-state index in [2.05, 4.69) is 10.0 Å². The average molecular weight is 340 g/mol. The Labute approximate surface area is 137 Å². The molecule has 6 nitrogen and oxygen atoms in total. The number of hydrogen-bond acceptors (Lipinski definition) is 4. The predicted molar refractivity (Wildman–Crippen MR) is 89.5 cm³/mol. The number of hydrogen-bond donors (Lipinski definition) is 2. The van der Waals surface area contributed by atoms with Crippen LogP contribution in [0.2, 0.25) is 0 Å². The van der Waals surface area contributed by atoms with Crippen LogP contribution in [0.25, 0.3) is 0 Å². The fourth-order valence-electron chi connectivity index (χ4n) is 2.31. The third-order valence-corrected chi connectivity index (χ3v) is 4.80. The van der Waals surface area contributed by atoms with Crippen molar-refractivity contribution in [1.82, 2.24) is 4.72 Å². The molecule has 1 fully saturated rings. The third-order valence-electron chi connectivity index (χ3n) is 3.48. The van der Waals surface area contributed by atoms with Gasteiger partial charge in [0.1, 0.15) is 6.10 Å². The van der Waals surface area contributed by atoms with E-state index in [1.165, 1.54) is 0 Å². The number of anilines is 1. The van der Waals surface area contributed by atoms with Gasteiger partial charge in [0, 0.05) is 18.8 Å². The minimum Gasteiger partial charge on any atom is -0.368 e. The molecule has 1 saturated heterocycles. The number of carbonyl (C=O) groups is 1. The Morgan fingerprint density at radius 1 is 1.39 bits per heavy atom. The minimum absolute atomic E-state index is 0.108. The largest absolute Gasteiger partial charge is 0.368 e. The molecule has 1 atom stereocenters. The maximum Gasteiger partial charge on any atom is 0.253 e. The summed E-state index contributed by atoms with van der Waals surface area (Å²) in [5, 5.41) is 2.78. The summed E-state index contributed by atoms with van der Waals surface area (Å²) < 4.78 is 32.0. The smallest absolute Gasteiger partial charge is 0.253 e. The summed E-state index contributed by atoms with van der Waals surface area (Å²) >= 11 is 0. The Bertz CT molecular complexity index is 637. The number of rotatable bonds is 7. The first-order valence-corrected chi connectivity index (χ1v) is 9.50. The third kappa shape index (κ3) is 5.93. The monoisotopic (exact) mass is 340 g/mol. The lowest BCUT2D eigenvalue weighted by molar-refractivity contribution is -0.124. The first-order chi connectivity index (χ1) is 10.9. The fraction of sp³-hybridized carbons (Fsp3) is 0.562. The van der Waals surface area contributed by atoms with E-state index in [1.54, 1.807) is 24.3 Å². The Balaban J connectivity index is 1.97. The van der Waals surface area contributed by atoms with E-state index in [0.29, 0.717) is 24.4 Å². The maximum absolute atomic E-state index is 12.0. The van der Waals surface area contributed by atoms with Crippen molar-refractivity contribution in [2.75, 3.05) is 18.5 Å². The molecule has 1 aliphatic rings. The topological polar surface area (TPSA) is 84.5 Å². The summed E-state index contributed by atoms with van der Waals surface area (Å²) in [7, 11) is -3.38. The van der Waals surface area contributed by atoms with Crippen LogP contribution in [0, 0.1) is 5.92 Å². The van der Waals surface area contributed by atoms with E-state index < -0.39 is 16.1 Å². The van der Waals surface area contributed by atoms with Crippen LogP contribution in [0.3, 0.4) is 0 Å². The summed E-state index contributed by atoms with van der Waals surface area (Å²) in [6.45, 7) is 4.92. The molecule has 0 saturated carbocycles. The van der Waals surface area contributed by atoms with E-state index in [0.717, 1.165) is 12.8 Å². The molecule has 0 unspecified atom stereocenters. The van der Waals surface area contributed by atoms with Crippen LogP contribution >= 0.6 is 0 Å². The van der Waals surface area contributed by atoms with Crippen LogP contribution < -0.4 is 10.0 Å². The summed E-state index contributed by atoms with van der Waals surface area (Å²) in [5.41, 5.74) is 1.22. The Morgan fingerprint density at radius 2 is 2.17 bits per heavy atom. The molecular formula is C16H24N2O4S. The zero-order valence-electron chi connectivity index (χ0n) is 13.5. The molecule has 1 heterocycles. The van der Waals surface area contributed by atoms with E-state index in [1.807, 2.05) is 13.8 Å². The second-order valence-electron chi connectivity index (χ2n) is 6.19. The van der Waals surface area contributed by atoms with Gasteiger partial charge in [0.15, 0.2) is 0 Å². The highest BCUT2D eigenvalue weighted by Gasteiger charge is 2.23. The zero-order chi connectivity index (χ0) is 16.9. The van der Waals surface area contributed by atoms with Crippen molar-refractivity contribution in [2.24, 2.45) is 5.92 Å². The molecule has 1 aromatic rings. The molecule has 2 rings (SSSR count). The number of carbonyl (C=O) groups excluding carboxylic acids is 1. The number of ether oxygens (including phenoxy) is 1. The quantitative estimate of drug-likeness (QED) is 0.794. The van der Waals surface area contributed by atoms with Gasteiger partial charge in [0.2, 0.25) is 10.0 Å². The zero-order valence-corrected chi connectivity index (χ0v) is 14.4. The fourth-order valence-corrected chi connectivity index (χ4v) is 3.62. The molecule has 0 aromatic heterocycles. The van der Waals surface area contributed by atoms with Gasteiger partial charge in [-0.15, -0.1) is 0 Å². The molecule has 1 aromatic carbocycles. The molecule has 23 heavy (non-hydrogen) atoms. The van der Waals surface area contributed by atoms with Gasteiger partial charge >= 0.3 is 0 Å². The van der Waals surface area contributed by atoms with Crippen molar-refractivity contribution >= 4 is 21.6 Å². The van der Waals surface area contributed by atoms with Gasteiger partial charge < -0.3 is 10.1 Å². The summed E-state index contributed by atoms with van der Waals surface area (Å²) in [5.74, 6) is -0.0363. The molecule has 0 aliphatic carbocycles. The van der Waals surface area contributed by atoms with Gasteiger partial charge in [0.05, 0.1) is 5.75 Å². The number of amides is 1. The molecule has 1 amide bonds. The predicted octanol–water partition coefficient (Wildman–Crippen LogP) is 1.88. The van der Waals surface area contributed by atoms with Gasteiger partial charge in [-0.1, -0.05) is 26.0 Å². The first kappa shape index (κ1) is 17.9. The van der Waals surface area contributed by atoms with E-state index >= 15 is 0 Å². The second-order valence-corrected chi connectivity index (χ2v) is 8.00. The lowest BCUT2D eigenvalue weighted by Gasteiger charge is -2.12. The molecule has 0 spiro atoms. The molecular weight excluding hydrogens is 316 g/mol. The highest BCUT2D eigenvalue weighted by molar-refractivity contribution is 7.88. The van der Waals surface area contributed by atoms with Crippen molar-refractivity contribution in [3.63, 3.8) is 0 Å². The van der Waals surface area contributed by atoms with Gasteiger partial charge in [0.25, 0.3) is 5.91 Å². The van der Waals surface area contributed by atoms with Crippen LogP contribution in [0.1, 0.15) is 32.3 Å². The van der Waals surface area contributed by atoms with Crippen molar-refractivity contribution in [2.45, 2.75) is 38.5 Å². The van der Waals surface area contributed by atoms with Crippen LogP contribution in [0.5, 0.6) is 0 Å². The summed E-state index contributed by atoms with van der Waals surface area (Å²) in [6.07, 6.45) is 1.20. The molecule has 128 valence electrons. The number of benzene rings is 1. The summed E-state index contributed by atoms with van der Waals surface area (Å²) in [6, 6.07) is 6.89. The van der Waals surface area contributed by atoms with E-state index in [4.69, 9.17) is 4.74 Å². The Hall–Kier alpha value is -1.44. The lowest BCUT2D eigenvalue weighted by Crippen LogP contribution is -2.29. The minimum atomic E-state index is -3.38. The molecule has 2 N–H and O–H groups in total. The van der Waals surface area contributed by atoms with Crippen molar-refractivity contribution < 1.29 is 17.9 Å². The van der Waals surface area contributed by atoms with Crippen molar-refractivity contribution in [3.05, 3.63) is 29.8 Å². The van der Waals surface area contributed by atoms with Gasteiger partial charge in [-0.2, -0.15) is 0 Å². The second kappa shape index (κ2) is 7.90.